The molecule has 0 bridgehead atoms. The van der Waals surface area contributed by atoms with E-state index in [4.69, 9.17) is 0 Å². The van der Waals surface area contributed by atoms with Crippen molar-refractivity contribution in [2.24, 2.45) is 0 Å². The summed E-state index contributed by atoms with van der Waals surface area (Å²) in [6.45, 7) is 12.0. The monoisotopic (exact) mass is 121 g/mol. The zero-order chi connectivity index (χ0) is 6.00. The normalized spacial score (nSPS) is 2.25. The van der Waals surface area contributed by atoms with Gasteiger partial charge in [-0.05, 0) is 0 Å². The minimum absolute atomic E-state index is 0. The highest BCUT2D eigenvalue weighted by Crippen LogP contribution is 1.15. The zero-order valence-corrected chi connectivity index (χ0v) is 7.00. The van der Waals surface area contributed by atoms with Crippen molar-refractivity contribution >= 4 is 0 Å². The standard InChI is InChI=1S/3C2H6.CH4.CH3/c3*1-2;;/h3*1-2H3;1H4;1H3/q;;;;+1. The molecule has 0 heterocycles. The summed E-state index contributed by atoms with van der Waals surface area (Å²) < 4.78 is 0. The Morgan fingerprint density at radius 3 is 0.500 bits per heavy atom. The van der Waals surface area contributed by atoms with E-state index < -0.39 is 0 Å². The van der Waals surface area contributed by atoms with Gasteiger partial charge in [-0.3, -0.25) is 0 Å². The van der Waals surface area contributed by atoms with Crippen LogP contribution in [0.15, 0.2) is 0 Å². The molecule has 0 spiro atoms. The molecule has 0 aromatic heterocycles. The predicted molar refractivity (Wildman–Crippen MR) is 47.2 cm³/mol. The number of hydrogen-bond donors (Lipinski definition) is 0. The maximum atomic E-state index is 2.00. The van der Waals surface area contributed by atoms with Crippen LogP contribution in [0.3, 0.4) is 0 Å². The molecule has 0 rings (SSSR count). The predicted octanol–water partition coefficient (Wildman–Crippen LogP) is 4.16. The Bertz CT molecular complexity index is 0. The largest absolute Gasteiger partial charge is 0.0776 e. The SMILES string of the molecule is C.CC.CC.CC.[CH3+]. The van der Waals surface area contributed by atoms with Crippen molar-refractivity contribution in [1.82, 2.24) is 0 Å². The van der Waals surface area contributed by atoms with Gasteiger partial charge in [0.1, 0.15) is 0 Å². The van der Waals surface area contributed by atoms with Gasteiger partial charge in [-0.2, -0.15) is 0 Å². The number of hydrogen-bond acceptors (Lipinski definition) is 0. The van der Waals surface area contributed by atoms with Gasteiger partial charge in [0.05, 0.1) is 0 Å². The summed E-state index contributed by atoms with van der Waals surface area (Å²) in [4.78, 5) is 0. The first kappa shape index (κ1) is 45.1. The van der Waals surface area contributed by atoms with Gasteiger partial charge in [0.15, 0.2) is 0 Å². The van der Waals surface area contributed by atoms with E-state index in [0.717, 1.165) is 0 Å². The molecule has 0 aromatic carbocycles. The van der Waals surface area contributed by atoms with Crippen LogP contribution in [0.2, 0.25) is 0 Å². The molecule has 0 radical (unpaired) electrons. The fraction of sp³-hybridized carbons (Fsp3) is 0.875. The Morgan fingerprint density at radius 1 is 0.500 bits per heavy atom. The average Bonchev–Trinajstić information content (AvgIpc) is 1.81. The van der Waals surface area contributed by atoms with Crippen LogP contribution >= 0.6 is 0 Å². The van der Waals surface area contributed by atoms with E-state index >= 15 is 0 Å². The van der Waals surface area contributed by atoms with Gasteiger partial charge >= 0.3 is 0 Å². The molecule has 0 aliphatic carbocycles. The molecule has 0 unspecified atom stereocenters. The van der Waals surface area contributed by atoms with Crippen molar-refractivity contribution < 1.29 is 0 Å². The lowest BCUT2D eigenvalue weighted by Crippen LogP contribution is -0.856. The van der Waals surface area contributed by atoms with Gasteiger partial charge in [-0.1, -0.05) is 49.0 Å². The van der Waals surface area contributed by atoms with Gasteiger partial charge in [-0.15, -0.1) is 0 Å². The third-order valence-electron chi connectivity index (χ3n) is 0. The molecule has 0 aliphatic heterocycles. The second kappa shape index (κ2) is 14000. The van der Waals surface area contributed by atoms with Crippen molar-refractivity contribution in [3.63, 3.8) is 0 Å². The summed E-state index contributed by atoms with van der Waals surface area (Å²) in [7, 11) is 0. The lowest BCUT2D eigenvalue weighted by molar-refractivity contribution is 1.50. The first-order valence-corrected chi connectivity index (χ1v) is 3.00. The van der Waals surface area contributed by atoms with E-state index in [2.05, 4.69) is 0 Å². The molecule has 0 amide bonds. The molecule has 0 atom stereocenters. The molecule has 8 heavy (non-hydrogen) atoms. The summed E-state index contributed by atoms with van der Waals surface area (Å²) in [6, 6.07) is 0. The topological polar surface area (TPSA) is 0 Å². The summed E-state index contributed by atoms with van der Waals surface area (Å²) in [5.41, 5.74) is 0. The fourth-order valence-electron chi connectivity index (χ4n) is 0. The van der Waals surface area contributed by atoms with E-state index in [-0.39, 0.29) is 14.9 Å². The van der Waals surface area contributed by atoms with Gasteiger partial charge < -0.3 is 0 Å². The maximum Gasteiger partial charge on any atom is 0.0467 e. The molecular weight excluding hydrogens is 96.1 g/mol. The summed E-state index contributed by atoms with van der Waals surface area (Å²) in [5, 5.41) is 0. The molecule has 0 saturated heterocycles. The van der Waals surface area contributed by atoms with Crippen LogP contribution in [0.4, 0.5) is 0 Å². The van der Waals surface area contributed by atoms with Crippen molar-refractivity contribution in [2.45, 2.75) is 49.0 Å². The Labute approximate surface area is 57.3 Å². The minimum Gasteiger partial charge on any atom is -0.0776 e. The number of rotatable bonds is 0. The molecule has 0 N–H and O–H groups in total. The molecule has 0 nitrogen and oxygen atoms in total. The molecular formula is C8H25+. The van der Waals surface area contributed by atoms with Crippen molar-refractivity contribution in [3.05, 3.63) is 7.43 Å². The zero-order valence-electron chi connectivity index (χ0n) is 7.00. The molecule has 0 heteroatoms. The van der Waals surface area contributed by atoms with Gasteiger partial charge in [0, 0.05) is 7.43 Å². The highest BCUT2D eigenvalue weighted by Gasteiger charge is 0.936. The molecule has 0 fully saturated rings. The molecule has 56 valence electrons. The first-order chi connectivity index (χ1) is 3.00. The van der Waals surface area contributed by atoms with Crippen LogP contribution in [0.5, 0.6) is 0 Å². The quantitative estimate of drug-likeness (QED) is 0.422. The maximum absolute atomic E-state index is 2.00. The van der Waals surface area contributed by atoms with E-state index in [1.165, 1.54) is 0 Å². The summed E-state index contributed by atoms with van der Waals surface area (Å²) in [5.74, 6) is 0. The Hall–Kier alpha value is -0.130. The van der Waals surface area contributed by atoms with Crippen LogP contribution in [0, 0.1) is 7.43 Å². The van der Waals surface area contributed by atoms with E-state index in [9.17, 15) is 0 Å². The van der Waals surface area contributed by atoms with Crippen molar-refractivity contribution in [3.8, 4) is 0 Å². The van der Waals surface area contributed by atoms with E-state index in [0.29, 0.717) is 0 Å². The van der Waals surface area contributed by atoms with Crippen LogP contribution in [-0.2, 0) is 0 Å². The molecule has 0 aromatic rings. The van der Waals surface area contributed by atoms with Gasteiger partial charge in [0.2, 0.25) is 0 Å². The van der Waals surface area contributed by atoms with Crippen LogP contribution in [0.1, 0.15) is 49.0 Å². The Balaban J connectivity index is -0.00000000500. The highest BCUT2D eigenvalue weighted by molar-refractivity contribution is 3.51. The molecule has 0 saturated carbocycles. The van der Waals surface area contributed by atoms with E-state index in [1.54, 1.807) is 0 Å². The Kier molecular flexibility index (Phi) is 79000. The second-order valence-corrected chi connectivity index (χ2v) is 0. The van der Waals surface area contributed by atoms with Crippen LogP contribution < -0.4 is 0 Å². The summed E-state index contributed by atoms with van der Waals surface area (Å²) in [6.07, 6.45) is 0. The van der Waals surface area contributed by atoms with Gasteiger partial charge in [-0.25, -0.2) is 0 Å². The minimum atomic E-state index is 0. The Morgan fingerprint density at radius 2 is 0.500 bits per heavy atom. The van der Waals surface area contributed by atoms with E-state index in [1.807, 2.05) is 41.5 Å². The lowest BCUT2D eigenvalue weighted by atomic mass is 11.0. The van der Waals surface area contributed by atoms with Crippen molar-refractivity contribution in [1.29, 1.82) is 0 Å². The molecule has 0 aliphatic rings. The second-order valence-electron chi connectivity index (χ2n) is 0. The van der Waals surface area contributed by atoms with Crippen LogP contribution in [-0.4, -0.2) is 0 Å². The fourth-order valence-corrected chi connectivity index (χ4v) is 0. The third kappa shape index (κ3) is 8240. The lowest BCUT2D eigenvalue weighted by Gasteiger charge is -1.07. The average molecular weight is 121 g/mol. The first-order valence-electron chi connectivity index (χ1n) is 3.00. The van der Waals surface area contributed by atoms with Gasteiger partial charge in [0.25, 0.3) is 0 Å². The smallest absolute Gasteiger partial charge is 0.0467 e. The summed E-state index contributed by atoms with van der Waals surface area (Å²) >= 11 is 0. The third-order valence-corrected chi connectivity index (χ3v) is 0. The van der Waals surface area contributed by atoms with Crippen LogP contribution in [0.25, 0.3) is 0 Å². The highest BCUT2D eigenvalue weighted by atomic mass is 13.0. The van der Waals surface area contributed by atoms with Crippen molar-refractivity contribution in [2.75, 3.05) is 0 Å².